The zero-order chi connectivity index (χ0) is 13.5. The quantitative estimate of drug-likeness (QED) is 0.636. The van der Waals surface area contributed by atoms with E-state index in [1.807, 2.05) is 4.72 Å². The molecule has 0 aliphatic rings. The molecular formula is C7H15F3N2O3S2. The molecule has 0 aromatic carbocycles. The first kappa shape index (κ1) is 17.0. The Bertz CT molecular complexity index is 308. The van der Waals surface area contributed by atoms with Gasteiger partial charge in [0.25, 0.3) is 10.2 Å². The van der Waals surface area contributed by atoms with Crippen molar-refractivity contribution in [1.29, 1.82) is 0 Å². The molecule has 0 bridgehead atoms. The number of hydrogen-bond donors (Lipinski definition) is 2. The average molecular weight is 296 g/mol. The van der Waals surface area contributed by atoms with Gasteiger partial charge in [0.2, 0.25) is 0 Å². The van der Waals surface area contributed by atoms with Crippen molar-refractivity contribution in [3.63, 3.8) is 0 Å². The second kappa shape index (κ2) is 7.41. The van der Waals surface area contributed by atoms with Crippen molar-refractivity contribution in [2.45, 2.75) is 11.9 Å². The molecule has 0 fully saturated rings. The Balaban J connectivity index is 3.93. The molecule has 2 N–H and O–H groups in total. The first-order valence-electron chi connectivity index (χ1n) is 4.71. The van der Waals surface area contributed by atoms with Crippen LogP contribution in [0.15, 0.2) is 0 Å². The Kier molecular flexibility index (Phi) is 7.40. The van der Waals surface area contributed by atoms with Gasteiger partial charge in [0, 0.05) is 32.5 Å². The predicted molar refractivity (Wildman–Crippen MR) is 59.8 cm³/mol. The lowest BCUT2D eigenvalue weighted by atomic mass is 10.5. The summed E-state index contributed by atoms with van der Waals surface area (Å²) in [7, 11) is -2.47. The van der Waals surface area contributed by atoms with Crippen LogP contribution in [0.4, 0.5) is 13.2 Å². The zero-order valence-corrected chi connectivity index (χ0v) is 10.8. The largest absolute Gasteiger partial charge is 0.441 e. The molecule has 0 aromatic heterocycles. The smallest absolute Gasteiger partial charge is 0.396 e. The number of thioether (sulfide) groups is 1. The molecule has 17 heavy (non-hydrogen) atoms. The molecule has 0 unspecified atom stereocenters. The number of alkyl halides is 3. The second-order valence-corrected chi connectivity index (χ2v) is 6.11. The summed E-state index contributed by atoms with van der Waals surface area (Å²) < 4.78 is 61.0. The molecule has 5 nitrogen and oxygen atoms in total. The van der Waals surface area contributed by atoms with Gasteiger partial charge in [-0.3, -0.25) is 0 Å². The third-order valence-corrected chi connectivity index (χ3v) is 4.00. The van der Waals surface area contributed by atoms with Gasteiger partial charge in [-0.15, -0.1) is 0 Å². The average Bonchev–Trinajstić information content (AvgIpc) is 2.19. The van der Waals surface area contributed by atoms with Gasteiger partial charge < -0.3 is 5.11 Å². The van der Waals surface area contributed by atoms with Gasteiger partial charge in [0.1, 0.15) is 0 Å². The normalized spacial score (nSPS) is 13.3. The number of hydrogen-bond acceptors (Lipinski definition) is 4. The Morgan fingerprint density at radius 3 is 2.47 bits per heavy atom. The lowest BCUT2D eigenvalue weighted by Crippen LogP contribution is -2.40. The van der Waals surface area contributed by atoms with Crippen LogP contribution >= 0.6 is 11.8 Å². The van der Waals surface area contributed by atoms with Crippen molar-refractivity contribution in [3.8, 4) is 0 Å². The van der Waals surface area contributed by atoms with Crippen LogP contribution in [0.5, 0.6) is 0 Å². The fourth-order valence-electron chi connectivity index (χ4n) is 0.861. The predicted octanol–water partition coefficient (Wildman–Crippen LogP) is 0.388. The molecular weight excluding hydrogens is 281 g/mol. The first-order chi connectivity index (χ1) is 7.69. The molecule has 0 aliphatic heterocycles. The molecule has 0 atom stereocenters. The van der Waals surface area contributed by atoms with E-state index in [0.29, 0.717) is 0 Å². The molecule has 10 heteroatoms. The molecule has 0 radical (unpaired) electrons. The van der Waals surface area contributed by atoms with Gasteiger partial charge in [0.15, 0.2) is 0 Å². The maximum absolute atomic E-state index is 11.7. The van der Waals surface area contributed by atoms with Gasteiger partial charge in [0.05, 0.1) is 0 Å². The summed E-state index contributed by atoms with van der Waals surface area (Å²) in [5, 5.41) is 8.51. The van der Waals surface area contributed by atoms with Crippen LogP contribution in [0.2, 0.25) is 0 Å². The standard InChI is InChI=1S/C7H15F3N2O3S2/c1-12(4-2-5-13)17(14,15)11-3-6-16-7(8,9)10/h11,13H,2-6H2,1H3. The molecule has 0 amide bonds. The molecule has 0 spiro atoms. The molecule has 0 aromatic rings. The van der Waals surface area contributed by atoms with Crippen molar-refractivity contribution in [3.05, 3.63) is 0 Å². The third kappa shape index (κ3) is 8.66. The zero-order valence-electron chi connectivity index (χ0n) is 9.20. The number of aliphatic hydroxyl groups excluding tert-OH is 1. The summed E-state index contributed by atoms with van der Waals surface area (Å²) in [6, 6.07) is 0. The lowest BCUT2D eigenvalue weighted by Gasteiger charge is -2.17. The van der Waals surface area contributed by atoms with Gasteiger partial charge in [-0.1, -0.05) is 0 Å². The highest BCUT2D eigenvalue weighted by Crippen LogP contribution is 2.29. The molecule has 104 valence electrons. The number of nitrogens with zero attached hydrogens (tertiary/aromatic N) is 1. The maximum Gasteiger partial charge on any atom is 0.441 e. The van der Waals surface area contributed by atoms with E-state index in [1.165, 1.54) is 7.05 Å². The minimum atomic E-state index is -4.35. The first-order valence-corrected chi connectivity index (χ1v) is 7.14. The Hall–Kier alpha value is -0.0300. The van der Waals surface area contributed by atoms with Crippen molar-refractivity contribution >= 4 is 22.0 Å². The molecule has 0 rings (SSSR count). The van der Waals surface area contributed by atoms with Gasteiger partial charge in [-0.05, 0) is 18.2 Å². The number of halogens is 3. The fraction of sp³-hybridized carbons (Fsp3) is 1.00. The van der Waals surface area contributed by atoms with Crippen LogP contribution in [0.1, 0.15) is 6.42 Å². The SMILES string of the molecule is CN(CCCO)S(=O)(=O)NCCSC(F)(F)F. The number of aliphatic hydroxyl groups is 1. The highest BCUT2D eigenvalue weighted by atomic mass is 32.2. The summed E-state index contributed by atoms with van der Waals surface area (Å²) in [4.78, 5) is 0. The Morgan fingerprint density at radius 1 is 1.41 bits per heavy atom. The maximum atomic E-state index is 11.7. The monoisotopic (exact) mass is 296 g/mol. The molecule has 0 aliphatic carbocycles. The minimum absolute atomic E-state index is 0.109. The van der Waals surface area contributed by atoms with E-state index in [0.717, 1.165) is 4.31 Å². The molecule has 0 saturated carbocycles. The summed E-state index contributed by atoms with van der Waals surface area (Å²) >= 11 is -0.282. The Morgan fingerprint density at radius 2 is 2.00 bits per heavy atom. The van der Waals surface area contributed by atoms with Crippen molar-refractivity contribution in [2.24, 2.45) is 0 Å². The summed E-state index contributed by atoms with van der Waals surface area (Å²) in [6.07, 6.45) is 0.273. The topological polar surface area (TPSA) is 69.6 Å². The Labute approximate surface area is 103 Å². The van der Waals surface area contributed by atoms with Crippen LogP contribution in [0.3, 0.4) is 0 Å². The van der Waals surface area contributed by atoms with Crippen LogP contribution in [-0.2, 0) is 10.2 Å². The van der Waals surface area contributed by atoms with E-state index in [9.17, 15) is 21.6 Å². The van der Waals surface area contributed by atoms with Crippen LogP contribution in [0, 0.1) is 0 Å². The van der Waals surface area contributed by atoms with E-state index >= 15 is 0 Å². The van der Waals surface area contributed by atoms with E-state index in [-0.39, 0.29) is 43.6 Å². The van der Waals surface area contributed by atoms with Gasteiger partial charge in [-0.2, -0.15) is 25.9 Å². The molecule has 0 saturated heterocycles. The van der Waals surface area contributed by atoms with Gasteiger partial charge in [-0.25, -0.2) is 4.72 Å². The van der Waals surface area contributed by atoms with Gasteiger partial charge >= 0.3 is 5.51 Å². The fourth-order valence-corrected chi connectivity index (χ4v) is 2.38. The highest BCUT2D eigenvalue weighted by Gasteiger charge is 2.27. The summed E-state index contributed by atoms with van der Waals surface area (Å²) in [6.45, 7) is -0.335. The van der Waals surface area contributed by atoms with Crippen LogP contribution < -0.4 is 4.72 Å². The second-order valence-electron chi connectivity index (χ2n) is 3.09. The van der Waals surface area contributed by atoms with E-state index in [4.69, 9.17) is 5.11 Å². The van der Waals surface area contributed by atoms with Crippen molar-refractivity contribution in [2.75, 3.05) is 32.5 Å². The van der Waals surface area contributed by atoms with Crippen molar-refractivity contribution < 1.29 is 26.7 Å². The summed E-state index contributed by atoms with van der Waals surface area (Å²) in [5.74, 6) is -0.378. The van der Waals surface area contributed by atoms with E-state index in [2.05, 4.69) is 0 Å². The third-order valence-electron chi connectivity index (χ3n) is 1.69. The number of rotatable bonds is 8. The molecule has 0 heterocycles. The number of nitrogens with one attached hydrogen (secondary N) is 1. The van der Waals surface area contributed by atoms with Crippen LogP contribution in [0.25, 0.3) is 0 Å². The van der Waals surface area contributed by atoms with E-state index < -0.39 is 15.7 Å². The lowest BCUT2D eigenvalue weighted by molar-refractivity contribution is -0.0327. The minimum Gasteiger partial charge on any atom is -0.396 e. The summed E-state index contributed by atoms with van der Waals surface area (Å²) in [5.41, 5.74) is -4.35. The van der Waals surface area contributed by atoms with Crippen LogP contribution in [-0.4, -0.2) is 55.8 Å². The highest BCUT2D eigenvalue weighted by molar-refractivity contribution is 8.00. The van der Waals surface area contributed by atoms with Crippen molar-refractivity contribution in [1.82, 2.24) is 9.03 Å². The van der Waals surface area contributed by atoms with E-state index in [1.54, 1.807) is 0 Å².